The van der Waals surface area contributed by atoms with E-state index >= 15 is 0 Å². The highest BCUT2D eigenvalue weighted by Gasteiger charge is 2.33. The summed E-state index contributed by atoms with van der Waals surface area (Å²) in [6.45, 7) is 3.83. The second-order valence-electron chi connectivity index (χ2n) is 4.21. The van der Waals surface area contributed by atoms with Crippen molar-refractivity contribution in [3.63, 3.8) is 0 Å². The molecule has 1 heterocycles. The highest BCUT2D eigenvalue weighted by Crippen LogP contribution is 2.31. The van der Waals surface area contributed by atoms with E-state index in [0.29, 0.717) is 19.6 Å². The molecule has 0 aromatic heterocycles. The van der Waals surface area contributed by atoms with Gasteiger partial charge in [-0.15, -0.1) is 0 Å². The molecule has 1 aliphatic rings. The van der Waals surface area contributed by atoms with Crippen molar-refractivity contribution in [1.29, 1.82) is 0 Å². The monoisotopic (exact) mass is 222 g/mol. The summed E-state index contributed by atoms with van der Waals surface area (Å²) in [5.74, 6) is 0.855. The van der Waals surface area contributed by atoms with Crippen molar-refractivity contribution in [1.82, 2.24) is 0 Å². The predicted molar refractivity (Wildman–Crippen MR) is 61.6 cm³/mol. The largest absolute Gasteiger partial charge is 0.494 e. The van der Waals surface area contributed by atoms with Gasteiger partial charge in [-0.1, -0.05) is 19.1 Å². The van der Waals surface area contributed by atoms with Crippen molar-refractivity contribution < 1.29 is 14.6 Å². The van der Waals surface area contributed by atoms with Crippen LogP contribution in [-0.2, 0) is 10.3 Å². The van der Waals surface area contributed by atoms with E-state index in [1.54, 1.807) is 0 Å². The average Bonchev–Trinajstić information content (AvgIpc) is 2.75. The fraction of sp³-hybridized carbons (Fsp3) is 0.538. The van der Waals surface area contributed by atoms with E-state index in [-0.39, 0.29) is 0 Å². The minimum Gasteiger partial charge on any atom is -0.494 e. The number of aliphatic hydroxyl groups is 1. The van der Waals surface area contributed by atoms with Crippen LogP contribution in [0, 0.1) is 0 Å². The van der Waals surface area contributed by atoms with Crippen LogP contribution in [0.2, 0.25) is 0 Å². The minimum atomic E-state index is -0.802. The van der Waals surface area contributed by atoms with Gasteiger partial charge in [-0.05, 0) is 24.1 Å². The van der Waals surface area contributed by atoms with E-state index in [9.17, 15) is 5.11 Å². The van der Waals surface area contributed by atoms with Crippen LogP contribution >= 0.6 is 0 Å². The molecule has 1 aromatic carbocycles. The molecule has 1 fully saturated rings. The van der Waals surface area contributed by atoms with E-state index < -0.39 is 5.60 Å². The van der Waals surface area contributed by atoms with Gasteiger partial charge >= 0.3 is 0 Å². The van der Waals surface area contributed by atoms with E-state index in [1.807, 2.05) is 24.3 Å². The fourth-order valence-electron chi connectivity index (χ4n) is 1.86. The molecule has 0 spiro atoms. The number of hydrogen-bond donors (Lipinski definition) is 1. The molecule has 1 atom stereocenters. The molecular weight excluding hydrogens is 204 g/mol. The van der Waals surface area contributed by atoms with Gasteiger partial charge in [-0.2, -0.15) is 0 Å². The summed E-state index contributed by atoms with van der Waals surface area (Å²) < 4.78 is 10.7. The summed E-state index contributed by atoms with van der Waals surface area (Å²) in [5, 5.41) is 10.3. The Balaban J connectivity index is 2.06. The van der Waals surface area contributed by atoms with E-state index in [4.69, 9.17) is 9.47 Å². The molecule has 0 bridgehead atoms. The molecule has 2 rings (SSSR count). The molecule has 1 saturated heterocycles. The van der Waals surface area contributed by atoms with Crippen molar-refractivity contribution in [3.05, 3.63) is 29.8 Å². The lowest BCUT2D eigenvalue weighted by Gasteiger charge is -2.21. The topological polar surface area (TPSA) is 38.7 Å². The highest BCUT2D eigenvalue weighted by atomic mass is 16.5. The first-order chi connectivity index (χ1) is 7.74. The Kier molecular flexibility index (Phi) is 3.46. The third-order valence-electron chi connectivity index (χ3n) is 2.87. The van der Waals surface area contributed by atoms with Gasteiger partial charge in [-0.3, -0.25) is 0 Å². The van der Waals surface area contributed by atoms with Crippen LogP contribution in [-0.4, -0.2) is 24.9 Å². The summed E-state index contributed by atoms with van der Waals surface area (Å²) in [6.07, 6.45) is 1.67. The molecule has 0 saturated carbocycles. The molecule has 1 aromatic rings. The Morgan fingerprint density at radius 1 is 1.38 bits per heavy atom. The van der Waals surface area contributed by atoms with E-state index in [2.05, 4.69) is 6.92 Å². The molecule has 0 amide bonds. The van der Waals surface area contributed by atoms with Gasteiger partial charge in [0.1, 0.15) is 11.4 Å². The Hall–Kier alpha value is -1.06. The summed E-state index contributed by atoms with van der Waals surface area (Å²) in [5.41, 5.74) is 0.109. The SMILES string of the molecule is CCCOc1ccc(C2(O)CCOC2)cc1. The standard InChI is InChI=1S/C13H18O3/c1-2-8-16-12-5-3-11(4-6-12)13(14)7-9-15-10-13/h3-6,14H,2,7-10H2,1H3. The zero-order valence-corrected chi connectivity index (χ0v) is 9.61. The van der Waals surface area contributed by atoms with Crippen molar-refractivity contribution in [2.75, 3.05) is 19.8 Å². The van der Waals surface area contributed by atoms with Crippen LogP contribution in [0.5, 0.6) is 5.75 Å². The van der Waals surface area contributed by atoms with Gasteiger partial charge in [0.25, 0.3) is 0 Å². The Morgan fingerprint density at radius 3 is 2.69 bits per heavy atom. The van der Waals surface area contributed by atoms with Crippen LogP contribution in [0.4, 0.5) is 0 Å². The lowest BCUT2D eigenvalue weighted by atomic mass is 9.93. The lowest BCUT2D eigenvalue weighted by molar-refractivity contribution is 0.0231. The first kappa shape index (κ1) is 11.4. The molecule has 88 valence electrons. The quantitative estimate of drug-likeness (QED) is 0.847. The molecule has 1 aliphatic heterocycles. The van der Waals surface area contributed by atoms with Gasteiger partial charge in [-0.25, -0.2) is 0 Å². The normalized spacial score (nSPS) is 24.6. The zero-order valence-electron chi connectivity index (χ0n) is 9.61. The number of rotatable bonds is 4. The summed E-state index contributed by atoms with van der Waals surface area (Å²) in [7, 11) is 0. The molecule has 16 heavy (non-hydrogen) atoms. The van der Waals surface area contributed by atoms with Crippen LogP contribution in [0.15, 0.2) is 24.3 Å². The molecule has 0 aliphatic carbocycles. The molecular formula is C13H18O3. The number of hydrogen-bond acceptors (Lipinski definition) is 3. The minimum absolute atomic E-state index is 0.391. The molecule has 1 unspecified atom stereocenters. The molecule has 1 N–H and O–H groups in total. The third-order valence-corrected chi connectivity index (χ3v) is 2.87. The third kappa shape index (κ3) is 2.36. The van der Waals surface area contributed by atoms with Gasteiger partial charge in [0.2, 0.25) is 0 Å². The van der Waals surface area contributed by atoms with E-state index in [0.717, 1.165) is 24.3 Å². The zero-order chi connectivity index (χ0) is 11.4. The number of ether oxygens (including phenoxy) is 2. The maximum Gasteiger partial charge on any atom is 0.119 e. The maximum atomic E-state index is 10.3. The van der Waals surface area contributed by atoms with Crippen molar-refractivity contribution >= 4 is 0 Å². The Bertz CT molecular complexity index is 326. The summed E-state index contributed by atoms with van der Waals surface area (Å²) in [6, 6.07) is 7.64. The van der Waals surface area contributed by atoms with Crippen LogP contribution in [0.25, 0.3) is 0 Å². The van der Waals surface area contributed by atoms with Crippen molar-refractivity contribution in [3.8, 4) is 5.75 Å². The second kappa shape index (κ2) is 4.85. The lowest BCUT2D eigenvalue weighted by Crippen LogP contribution is -2.25. The Labute approximate surface area is 96.0 Å². The van der Waals surface area contributed by atoms with Gasteiger partial charge in [0, 0.05) is 13.0 Å². The first-order valence-corrected chi connectivity index (χ1v) is 5.78. The van der Waals surface area contributed by atoms with Crippen LogP contribution in [0.3, 0.4) is 0 Å². The molecule has 3 heteroatoms. The second-order valence-corrected chi connectivity index (χ2v) is 4.21. The van der Waals surface area contributed by atoms with Crippen LogP contribution in [0.1, 0.15) is 25.3 Å². The summed E-state index contributed by atoms with van der Waals surface area (Å²) >= 11 is 0. The summed E-state index contributed by atoms with van der Waals surface area (Å²) in [4.78, 5) is 0. The maximum absolute atomic E-state index is 10.3. The van der Waals surface area contributed by atoms with Gasteiger partial charge in [0.05, 0.1) is 13.2 Å². The average molecular weight is 222 g/mol. The fourth-order valence-corrected chi connectivity index (χ4v) is 1.86. The van der Waals surface area contributed by atoms with Crippen LogP contribution < -0.4 is 4.74 Å². The molecule has 3 nitrogen and oxygen atoms in total. The van der Waals surface area contributed by atoms with Crippen molar-refractivity contribution in [2.24, 2.45) is 0 Å². The highest BCUT2D eigenvalue weighted by molar-refractivity contribution is 5.31. The Morgan fingerprint density at radius 2 is 2.12 bits per heavy atom. The number of benzene rings is 1. The van der Waals surface area contributed by atoms with Gasteiger partial charge in [0.15, 0.2) is 0 Å². The van der Waals surface area contributed by atoms with Gasteiger partial charge < -0.3 is 14.6 Å². The molecule has 0 radical (unpaired) electrons. The van der Waals surface area contributed by atoms with E-state index in [1.165, 1.54) is 0 Å². The van der Waals surface area contributed by atoms with Crippen molar-refractivity contribution in [2.45, 2.75) is 25.4 Å². The first-order valence-electron chi connectivity index (χ1n) is 5.78. The smallest absolute Gasteiger partial charge is 0.119 e. The predicted octanol–water partition coefficient (Wildman–Crippen LogP) is 2.08.